The lowest BCUT2D eigenvalue weighted by atomic mass is 9.92. The van der Waals surface area contributed by atoms with Crippen molar-refractivity contribution in [2.45, 2.75) is 12.5 Å². The molecule has 0 aliphatic carbocycles. The molecule has 126 valence electrons. The van der Waals surface area contributed by atoms with E-state index < -0.39 is 5.54 Å². The van der Waals surface area contributed by atoms with Gasteiger partial charge in [-0.1, -0.05) is 30.3 Å². The minimum absolute atomic E-state index is 0.398. The van der Waals surface area contributed by atoms with Crippen LogP contribution in [0.5, 0.6) is 0 Å². The second-order valence-corrected chi connectivity index (χ2v) is 6.46. The molecule has 0 amide bonds. The second-order valence-electron chi connectivity index (χ2n) is 6.46. The lowest BCUT2D eigenvalue weighted by molar-refractivity contribution is 0.106. The monoisotopic (exact) mass is 332 g/mol. The molecule has 2 aromatic carbocycles. The molecule has 4 rings (SSSR count). The van der Waals surface area contributed by atoms with Crippen molar-refractivity contribution in [1.29, 1.82) is 0 Å². The molecule has 5 nitrogen and oxygen atoms in total. The van der Waals surface area contributed by atoms with Crippen LogP contribution in [0.25, 0.3) is 10.9 Å². The van der Waals surface area contributed by atoms with Crippen molar-refractivity contribution >= 4 is 28.1 Å². The summed E-state index contributed by atoms with van der Waals surface area (Å²) >= 11 is 0. The minimum atomic E-state index is -0.461. The van der Waals surface area contributed by atoms with Crippen LogP contribution in [-0.4, -0.2) is 24.0 Å². The third kappa shape index (κ3) is 3.06. The van der Waals surface area contributed by atoms with Crippen LogP contribution in [-0.2, 0) is 10.3 Å². The first-order valence-electron chi connectivity index (χ1n) is 8.27. The number of nitrogens with zero attached hydrogens (tertiary/aromatic N) is 2. The summed E-state index contributed by atoms with van der Waals surface area (Å²) < 4.78 is 5.58. The van der Waals surface area contributed by atoms with Gasteiger partial charge < -0.3 is 15.8 Å². The molecule has 25 heavy (non-hydrogen) atoms. The van der Waals surface area contributed by atoms with E-state index in [9.17, 15) is 0 Å². The normalized spacial score (nSPS) is 20.3. The Morgan fingerprint density at radius 1 is 1.12 bits per heavy atom. The van der Waals surface area contributed by atoms with Gasteiger partial charge in [-0.15, -0.1) is 0 Å². The van der Waals surface area contributed by atoms with Gasteiger partial charge in [0, 0.05) is 17.3 Å². The van der Waals surface area contributed by atoms with Crippen LogP contribution in [0, 0.1) is 0 Å². The first-order chi connectivity index (χ1) is 12.1. The number of aromatic nitrogens is 1. The van der Waals surface area contributed by atoms with E-state index in [4.69, 9.17) is 10.5 Å². The maximum atomic E-state index is 5.87. The SMILES string of the molecule is CC1(c2cccc(Nc3cccc4cccnc34)c2)COCC(N)=N1. The Hall–Kier alpha value is -2.92. The first-order valence-corrected chi connectivity index (χ1v) is 8.27. The summed E-state index contributed by atoms with van der Waals surface area (Å²) in [5, 5.41) is 4.58. The summed E-state index contributed by atoms with van der Waals surface area (Å²) in [5.41, 5.74) is 9.38. The average molecular weight is 332 g/mol. The smallest absolute Gasteiger partial charge is 0.121 e. The maximum absolute atomic E-state index is 5.87. The number of rotatable bonds is 3. The summed E-state index contributed by atoms with van der Waals surface area (Å²) in [6, 6.07) is 18.3. The van der Waals surface area contributed by atoms with Gasteiger partial charge in [0.1, 0.15) is 18.0 Å². The third-order valence-electron chi connectivity index (χ3n) is 4.42. The summed E-state index contributed by atoms with van der Waals surface area (Å²) in [4.78, 5) is 9.10. The van der Waals surface area contributed by atoms with E-state index >= 15 is 0 Å². The molecule has 1 aliphatic heterocycles. The third-order valence-corrected chi connectivity index (χ3v) is 4.42. The number of hydrogen-bond donors (Lipinski definition) is 2. The summed E-state index contributed by atoms with van der Waals surface area (Å²) in [7, 11) is 0. The molecule has 1 atom stereocenters. The average Bonchev–Trinajstić information content (AvgIpc) is 2.62. The fraction of sp³-hybridized carbons (Fsp3) is 0.200. The standard InChI is InChI=1S/C20H20N4O/c1-20(13-25-12-18(21)24-20)15-7-3-8-16(11-15)23-17-9-2-5-14-6-4-10-22-19(14)17/h2-11,23H,12-13H2,1H3,(H2,21,24). The molecule has 3 aromatic rings. The summed E-state index contributed by atoms with van der Waals surface area (Å²) in [6.07, 6.45) is 1.81. The molecule has 0 fully saturated rings. The van der Waals surface area contributed by atoms with Crippen LogP contribution in [0.3, 0.4) is 0 Å². The maximum Gasteiger partial charge on any atom is 0.121 e. The number of aliphatic imine (C=N–C) groups is 1. The number of nitrogens with two attached hydrogens (primary N) is 1. The van der Waals surface area contributed by atoms with E-state index in [1.54, 1.807) is 0 Å². The predicted molar refractivity (Wildman–Crippen MR) is 101 cm³/mol. The molecule has 0 radical (unpaired) electrons. The number of benzene rings is 2. The molecular formula is C20H20N4O. The van der Waals surface area contributed by atoms with Crippen molar-refractivity contribution < 1.29 is 4.74 Å². The molecule has 2 heterocycles. The second kappa shape index (κ2) is 6.18. The zero-order valence-electron chi connectivity index (χ0n) is 14.1. The number of anilines is 2. The van der Waals surface area contributed by atoms with Crippen LogP contribution < -0.4 is 11.1 Å². The molecule has 0 saturated heterocycles. The molecule has 1 aliphatic rings. The Balaban J connectivity index is 1.69. The van der Waals surface area contributed by atoms with E-state index in [2.05, 4.69) is 39.6 Å². The first kappa shape index (κ1) is 15.6. The van der Waals surface area contributed by atoms with Crippen molar-refractivity contribution in [3.63, 3.8) is 0 Å². The number of para-hydroxylation sites is 1. The highest BCUT2D eigenvalue weighted by molar-refractivity contribution is 5.92. The van der Waals surface area contributed by atoms with Gasteiger partial charge in [0.2, 0.25) is 0 Å². The van der Waals surface area contributed by atoms with Crippen molar-refractivity contribution in [2.24, 2.45) is 10.7 Å². The highest BCUT2D eigenvalue weighted by atomic mass is 16.5. The molecule has 5 heteroatoms. The van der Waals surface area contributed by atoms with Gasteiger partial charge in [-0.3, -0.25) is 9.98 Å². The van der Waals surface area contributed by atoms with Crippen LogP contribution in [0.2, 0.25) is 0 Å². The van der Waals surface area contributed by atoms with E-state index in [1.807, 2.05) is 43.5 Å². The van der Waals surface area contributed by atoms with E-state index in [0.717, 1.165) is 27.8 Å². The quantitative estimate of drug-likeness (QED) is 0.769. The van der Waals surface area contributed by atoms with Crippen LogP contribution in [0.15, 0.2) is 65.8 Å². The highest BCUT2D eigenvalue weighted by Crippen LogP contribution is 2.31. The molecule has 1 unspecified atom stereocenters. The van der Waals surface area contributed by atoms with E-state index in [1.165, 1.54) is 0 Å². The van der Waals surface area contributed by atoms with Crippen LogP contribution in [0.4, 0.5) is 11.4 Å². The number of ether oxygens (including phenoxy) is 1. The molecule has 1 aromatic heterocycles. The zero-order valence-corrected chi connectivity index (χ0v) is 14.1. The van der Waals surface area contributed by atoms with Crippen LogP contribution >= 0.6 is 0 Å². The Bertz CT molecular complexity index is 948. The topological polar surface area (TPSA) is 72.5 Å². The van der Waals surface area contributed by atoms with Crippen molar-refractivity contribution in [1.82, 2.24) is 4.98 Å². The zero-order chi connectivity index (χ0) is 17.3. The van der Waals surface area contributed by atoms with E-state index in [0.29, 0.717) is 19.0 Å². The predicted octanol–water partition coefficient (Wildman–Crippen LogP) is 3.58. The van der Waals surface area contributed by atoms with E-state index in [-0.39, 0.29) is 0 Å². The lowest BCUT2D eigenvalue weighted by Crippen LogP contribution is -2.37. The van der Waals surface area contributed by atoms with Crippen molar-refractivity contribution in [3.05, 3.63) is 66.4 Å². The summed E-state index contributed by atoms with van der Waals surface area (Å²) in [6.45, 7) is 2.96. The fourth-order valence-corrected chi connectivity index (χ4v) is 3.18. The Morgan fingerprint density at radius 3 is 2.84 bits per heavy atom. The molecular weight excluding hydrogens is 312 g/mol. The fourth-order valence-electron chi connectivity index (χ4n) is 3.18. The minimum Gasteiger partial charge on any atom is -0.386 e. The Labute approximate surface area is 146 Å². The number of hydrogen-bond acceptors (Lipinski definition) is 5. The highest BCUT2D eigenvalue weighted by Gasteiger charge is 2.30. The van der Waals surface area contributed by atoms with Gasteiger partial charge >= 0.3 is 0 Å². The molecule has 0 saturated carbocycles. The number of fused-ring (bicyclic) bond motifs is 1. The summed E-state index contributed by atoms with van der Waals surface area (Å²) in [5.74, 6) is 0.533. The number of pyridine rings is 1. The van der Waals surface area contributed by atoms with Crippen molar-refractivity contribution in [2.75, 3.05) is 18.5 Å². The molecule has 3 N–H and O–H groups in total. The van der Waals surface area contributed by atoms with Crippen LogP contribution in [0.1, 0.15) is 12.5 Å². The van der Waals surface area contributed by atoms with Gasteiger partial charge in [0.05, 0.1) is 17.8 Å². The number of amidine groups is 1. The van der Waals surface area contributed by atoms with Gasteiger partial charge in [0.25, 0.3) is 0 Å². The molecule has 0 bridgehead atoms. The van der Waals surface area contributed by atoms with Gasteiger partial charge in [0.15, 0.2) is 0 Å². The molecule has 0 spiro atoms. The number of nitrogens with one attached hydrogen (secondary N) is 1. The van der Waals surface area contributed by atoms with Gasteiger partial charge in [-0.05, 0) is 36.8 Å². The Morgan fingerprint density at radius 2 is 1.96 bits per heavy atom. The largest absolute Gasteiger partial charge is 0.386 e. The van der Waals surface area contributed by atoms with Gasteiger partial charge in [-0.2, -0.15) is 0 Å². The van der Waals surface area contributed by atoms with Gasteiger partial charge in [-0.25, -0.2) is 0 Å². The lowest BCUT2D eigenvalue weighted by Gasteiger charge is -2.30. The van der Waals surface area contributed by atoms with Crippen molar-refractivity contribution in [3.8, 4) is 0 Å². The Kier molecular flexibility index (Phi) is 3.86.